The van der Waals surface area contributed by atoms with Gasteiger partial charge >= 0.3 is 5.97 Å². The normalized spacial score (nSPS) is 12.5. The van der Waals surface area contributed by atoms with Gasteiger partial charge < -0.3 is 10.1 Å². The quantitative estimate of drug-likeness (QED) is 0.555. The van der Waals surface area contributed by atoms with Crippen LogP contribution in [-0.2, 0) is 33.6 Å². The smallest absolute Gasteiger partial charge is 0.311 e. The third-order valence-corrected chi connectivity index (χ3v) is 5.24. The molecule has 2 aromatic rings. The third-order valence-electron chi connectivity index (χ3n) is 4.43. The maximum atomic E-state index is 12.3. The first kappa shape index (κ1) is 19.2. The van der Waals surface area contributed by atoms with Gasteiger partial charge in [-0.3, -0.25) is 14.4 Å². The van der Waals surface area contributed by atoms with Crippen LogP contribution in [0.1, 0.15) is 53.4 Å². The lowest BCUT2D eigenvalue weighted by Gasteiger charge is -2.05. The zero-order valence-corrected chi connectivity index (χ0v) is 16.1. The van der Waals surface area contributed by atoms with Crippen LogP contribution in [0.5, 0.6) is 0 Å². The zero-order valence-electron chi connectivity index (χ0n) is 15.2. The van der Waals surface area contributed by atoms with Crippen LogP contribution < -0.4 is 5.32 Å². The van der Waals surface area contributed by atoms with E-state index >= 15 is 0 Å². The molecule has 3 rings (SSSR count). The van der Waals surface area contributed by atoms with E-state index in [2.05, 4.69) is 10.3 Å². The number of amides is 1. The number of benzene rings is 1. The Kier molecular flexibility index (Phi) is 6.34. The molecule has 27 heavy (non-hydrogen) atoms. The number of fused-ring (bicyclic) bond motifs is 1. The second-order valence-corrected chi connectivity index (χ2v) is 7.29. The minimum Gasteiger partial charge on any atom is -0.466 e. The van der Waals surface area contributed by atoms with Crippen molar-refractivity contribution in [2.45, 2.75) is 45.4 Å². The molecule has 1 amide bonds. The number of ketones is 1. The topological polar surface area (TPSA) is 85.4 Å². The highest BCUT2D eigenvalue weighted by Gasteiger charge is 2.16. The fraction of sp³-hybridized carbons (Fsp3) is 0.400. The number of nitrogens with one attached hydrogen (secondary N) is 1. The van der Waals surface area contributed by atoms with Crippen molar-refractivity contribution in [3.8, 4) is 0 Å². The number of ether oxygens (including phenoxy) is 1. The molecule has 6 nitrogen and oxygen atoms in total. The van der Waals surface area contributed by atoms with Gasteiger partial charge in [-0.25, -0.2) is 4.98 Å². The largest absolute Gasteiger partial charge is 0.466 e. The molecule has 0 aliphatic heterocycles. The first-order valence-corrected chi connectivity index (χ1v) is 9.98. The first-order chi connectivity index (χ1) is 13.0. The molecule has 1 heterocycles. The molecule has 0 spiro atoms. The molecule has 1 aliphatic carbocycles. The number of aromatic nitrogens is 1. The van der Waals surface area contributed by atoms with E-state index in [0.717, 1.165) is 19.3 Å². The second kappa shape index (κ2) is 8.90. The number of hydrogen-bond acceptors (Lipinski definition) is 6. The van der Waals surface area contributed by atoms with Crippen LogP contribution in [0.25, 0.3) is 0 Å². The molecule has 1 aromatic heterocycles. The Morgan fingerprint density at radius 1 is 1.19 bits per heavy atom. The van der Waals surface area contributed by atoms with Gasteiger partial charge in [-0.05, 0) is 43.4 Å². The van der Waals surface area contributed by atoms with Crippen LogP contribution in [0.2, 0.25) is 0 Å². The molecule has 142 valence electrons. The van der Waals surface area contributed by atoms with Crippen molar-refractivity contribution in [1.29, 1.82) is 0 Å². The Labute approximate surface area is 162 Å². The summed E-state index contributed by atoms with van der Waals surface area (Å²) >= 11 is 1.25. The van der Waals surface area contributed by atoms with Gasteiger partial charge in [0.25, 0.3) is 0 Å². The first-order valence-electron chi connectivity index (χ1n) is 9.10. The highest BCUT2D eigenvalue weighted by Crippen LogP contribution is 2.23. The Balaban J connectivity index is 1.47. The van der Waals surface area contributed by atoms with Crippen LogP contribution >= 0.6 is 11.3 Å². The van der Waals surface area contributed by atoms with E-state index < -0.39 is 0 Å². The summed E-state index contributed by atoms with van der Waals surface area (Å²) in [5, 5.41) is 4.81. The van der Waals surface area contributed by atoms with Crippen LogP contribution in [0.15, 0.2) is 23.6 Å². The van der Waals surface area contributed by atoms with Crippen molar-refractivity contribution in [3.63, 3.8) is 0 Å². The van der Waals surface area contributed by atoms with Crippen molar-refractivity contribution in [1.82, 2.24) is 4.98 Å². The van der Waals surface area contributed by atoms with Gasteiger partial charge in [0.05, 0.1) is 18.7 Å². The Morgan fingerprint density at radius 3 is 2.81 bits per heavy atom. The number of Topliss-reactive ketones (excluding diaryl/α,β-unsaturated/α-hetero) is 1. The maximum Gasteiger partial charge on any atom is 0.311 e. The molecular formula is C20H22N2O4S. The number of rotatable bonds is 8. The van der Waals surface area contributed by atoms with E-state index in [9.17, 15) is 14.4 Å². The fourth-order valence-electron chi connectivity index (χ4n) is 3.10. The van der Waals surface area contributed by atoms with Gasteiger partial charge in [0.1, 0.15) is 0 Å². The Morgan fingerprint density at radius 2 is 2.00 bits per heavy atom. The molecule has 0 saturated carbocycles. The van der Waals surface area contributed by atoms with E-state index in [4.69, 9.17) is 4.74 Å². The Bertz CT molecular complexity index is 859. The average Bonchev–Trinajstić information content (AvgIpc) is 3.28. The SMILES string of the molecule is CCOC(=O)Cc1csc(NC(=O)CCC(=O)c2ccc3c(c2)CCC3)n1. The van der Waals surface area contributed by atoms with Crippen molar-refractivity contribution in [2.24, 2.45) is 0 Å². The summed E-state index contributed by atoms with van der Waals surface area (Å²) in [6.45, 7) is 2.07. The molecule has 7 heteroatoms. The number of esters is 1. The van der Waals surface area contributed by atoms with E-state index in [1.807, 2.05) is 18.2 Å². The lowest BCUT2D eigenvalue weighted by molar-refractivity contribution is -0.142. The van der Waals surface area contributed by atoms with E-state index in [1.54, 1.807) is 12.3 Å². The van der Waals surface area contributed by atoms with Crippen LogP contribution in [0, 0.1) is 0 Å². The minimum atomic E-state index is -0.347. The predicted octanol–water partition coefficient (Wildman–Crippen LogP) is 3.34. The molecule has 0 bridgehead atoms. The van der Waals surface area contributed by atoms with Gasteiger partial charge in [0.2, 0.25) is 5.91 Å². The highest BCUT2D eigenvalue weighted by atomic mass is 32.1. The van der Waals surface area contributed by atoms with E-state index in [-0.39, 0.29) is 36.9 Å². The lowest BCUT2D eigenvalue weighted by atomic mass is 10.0. The molecule has 0 fully saturated rings. The summed E-state index contributed by atoms with van der Waals surface area (Å²) in [6, 6.07) is 5.84. The number of anilines is 1. The molecule has 0 radical (unpaired) electrons. The standard InChI is InChI=1S/C20H22N2O4S/c1-2-26-19(25)11-16-12-27-20(21-16)22-18(24)9-8-17(23)15-7-6-13-4-3-5-14(13)10-15/h6-7,10,12H,2-5,8-9,11H2,1H3,(H,21,22,24). The number of carbonyl (C=O) groups is 3. The number of hydrogen-bond donors (Lipinski definition) is 1. The third kappa shape index (κ3) is 5.23. The molecule has 0 atom stereocenters. The fourth-order valence-corrected chi connectivity index (χ4v) is 3.83. The number of nitrogens with zero attached hydrogens (tertiary/aromatic N) is 1. The van der Waals surface area contributed by atoms with E-state index in [0.29, 0.717) is 23.0 Å². The lowest BCUT2D eigenvalue weighted by Crippen LogP contribution is -2.14. The van der Waals surface area contributed by atoms with Gasteiger partial charge in [-0.2, -0.15) is 0 Å². The van der Waals surface area contributed by atoms with Crippen LogP contribution in [0.3, 0.4) is 0 Å². The van der Waals surface area contributed by atoms with Gasteiger partial charge in [0, 0.05) is 23.8 Å². The summed E-state index contributed by atoms with van der Waals surface area (Å²) in [5.74, 6) is -0.635. The van der Waals surface area contributed by atoms with Gasteiger partial charge in [0.15, 0.2) is 10.9 Å². The zero-order chi connectivity index (χ0) is 19.2. The van der Waals surface area contributed by atoms with Crippen molar-refractivity contribution in [3.05, 3.63) is 46.0 Å². The molecule has 1 aromatic carbocycles. The molecule has 1 N–H and O–H groups in total. The van der Waals surface area contributed by atoms with Crippen molar-refractivity contribution in [2.75, 3.05) is 11.9 Å². The number of carbonyl (C=O) groups excluding carboxylic acids is 3. The summed E-state index contributed by atoms with van der Waals surface area (Å²) in [5.41, 5.74) is 3.81. The van der Waals surface area contributed by atoms with Crippen LogP contribution in [0.4, 0.5) is 5.13 Å². The predicted molar refractivity (Wildman–Crippen MR) is 103 cm³/mol. The minimum absolute atomic E-state index is 0.0259. The van der Waals surface area contributed by atoms with Crippen LogP contribution in [-0.4, -0.2) is 29.3 Å². The molecule has 0 saturated heterocycles. The van der Waals surface area contributed by atoms with Gasteiger partial charge in [-0.1, -0.05) is 12.1 Å². The molecule has 1 aliphatic rings. The number of thiazole rings is 1. The average molecular weight is 386 g/mol. The summed E-state index contributed by atoms with van der Waals surface area (Å²) in [7, 11) is 0. The molecular weight excluding hydrogens is 364 g/mol. The van der Waals surface area contributed by atoms with Crippen molar-refractivity contribution < 1.29 is 19.1 Å². The Hall–Kier alpha value is -2.54. The summed E-state index contributed by atoms with van der Waals surface area (Å²) < 4.78 is 4.87. The maximum absolute atomic E-state index is 12.3. The monoisotopic (exact) mass is 386 g/mol. The number of aryl methyl sites for hydroxylation is 2. The van der Waals surface area contributed by atoms with Gasteiger partial charge in [-0.15, -0.1) is 11.3 Å². The molecule has 0 unspecified atom stereocenters. The van der Waals surface area contributed by atoms with Crippen molar-refractivity contribution >= 4 is 34.1 Å². The summed E-state index contributed by atoms with van der Waals surface area (Å²) in [6.07, 6.45) is 3.58. The summed E-state index contributed by atoms with van der Waals surface area (Å²) in [4.78, 5) is 40.1. The second-order valence-electron chi connectivity index (χ2n) is 6.43. The van der Waals surface area contributed by atoms with E-state index in [1.165, 1.54) is 22.5 Å². The highest BCUT2D eigenvalue weighted by molar-refractivity contribution is 7.13.